The van der Waals surface area contributed by atoms with Crippen LogP contribution in [-0.2, 0) is 4.79 Å². The third kappa shape index (κ3) is 1.26. The summed E-state index contributed by atoms with van der Waals surface area (Å²) in [4.78, 5) is 14.1. The van der Waals surface area contributed by atoms with Crippen LogP contribution in [0.3, 0.4) is 0 Å². The molecule has 0 aromatic carbocycles. The van der Waals surface area contributed by atoms with Crippen molar-refractivity contribution in [1.82, 2.24) is 10.2 Å². The monoisotopic (exact) mass is 196 g/mol. The van der Waals surface area contributed by atoms with Gasteiger partial charge in [-0.15, -0.1) is 0 Å². The van der Waals surface area contributed by atoms with E-state index in [1.165, 1.54) is 0 Å². The number of rotatable bonds is 1. The predicted octanol–water partition coefficient (Wildman–Crippen LogP) is 0.995. The predicted molar refractivity (Wildman–Crippen MR) is 56.0 cm³/mol. The molecule has 1 amide bonds. The van der Waals surface area contributed by atoms with Gasteiger partial charge in [0.15, 0.2) is 0 Å². The Balaban J connectivity index is 2.20. The van der Waals surface area contributed by atoms with E-state index in [-0.39, 0.29) is 5.54 Å². The highest BCUT2D eigenvalue weighted by Crippen LogP contribution is 2.36. The summed E-state index contributed by atoms with van der Waals surface area (Å²) >= 11 is 0. The molecule has 2 saturated heterocycles. The summed E-state index contributed by atoms with van der Waals surface area (Å²) in [5.41, 5.74) is -0.191. The summed E-state index contributed by atoms with van der Waals surface area (Å²) in [6.45, 7) is 5.40. The van der Waals surface area contributed by atoms with Crippen molar-refractivity contribution in [3.05, 3.63) is 0 Å². The quantitative estimate of drug-likeness (QED) is 0.678. The van der Waals surface area contributed by atoms with Crippen molar-refractivity contribution in [3.8, 4) is 0 Å². The van der Waals surface area contributed by atoms with Crippen molar-refractivity contribution >= 4 is 5.91 Å². The molecule has 2 unspecified atom stereocenters. The Morgan fingerprint density at radius 2 is 2.29 bits per heavy atom. The third-order valence-corrected chi connectivity index (χ3v) is 3.80. The number of hydrogen-bond donors (Lipinski definition) is 1. The first-order chi connectivity index (χ1) is 6.57. The minimum atomic E-state index is -0.191. The summed E-state index contributed by atoms with van der Waals surface area (Å²) in [6.07, 6.45) is 3.17. The van der Waals surface area contributed by atoms with E-state index in [1.54, 1.807) is 0 Å². The van der Waals surface area contributed by atoms with Crippen LogP contribution in [0.1, 0.15) is 33.1 Å². The summed E-state index contributed by atoms with van der Waals surface area (Å²) in [5.74, 6) is 0.874. The molecule has 0 aliphatic carbocycles. The van der Waals surface area contributed by atoms with Crippen LogP contribution in [0.5, 0.6) is 0 Å². The maximum Gasteiger partial charge on any atom is 0.242 e. The standard InChI is InChI=1S/C11H20N2O/c1-8(2)9-7-11(5-4-6-12-11)10(14)13(9)3/h8-9,12H,4-7H2,1-3H3. The van der Waals surface area contributed by atoms with Crippen molar-refractivity contribution in [2.75, 3.05) is 13.6 Å². The molecule has 2 fully saturated rings. The summed E-state index contributed by atoms with van der Waals surface area (Å²) in [6, 6.07) is 0.424. The van der Waals surface area contributed by atoms with E-state index >= 15 is 0 Å². The number of amides is 1. The molecule has 14 heavy (non-hydrogen) atoms. The van der Waals surface area contributed by atoms with E-state index in [1.807, 2.05) is 11.9 Å². The Morgan fingerprint density at radius 1 is 1.57 bits per heavy atom. The summed E-state index contributed by atoms with van der Waals surface area (Å²) < 4.78 is 0. The lowest BCUT2D eigenvalue weighted by atomic mass is 9.90. The van der Waals surface area contributed by atoms with E-state index in [4.69, 9.17) is 0 Å². The zero-order chi connectivity index (χ0) is 10.3. The van der Waals surface area contributed by atoms with Crippen molar-refractivity contribution in [3.63, 3.8) is 0 Å². The number of likely N-dealkylation sites (tertiary alicyclic amines) is 1. The largest absolute Gasteiger partial charge is 0.341 e. The van der Waals surface area contributed by atoms with E-state index in [9.17, 15) is 4.79 Å². The fourth-order valence-corrected chi connectivity index (χ4v) is 2.92. The van der Waals surface area contributed by atoms with Gasteiger partial charge in [-0.1, -0.05) is 13.8 Å². The van der Waals surface area contributed by atoms with Gasteiger partial charge in [0.2, 0.25) is 5.91 Å². The number of likely N-dealkylation sites (N-methyl/N-ethyl adjacent to an activating group) is 1. The molecule has 0 aromatic heterocycles. The van der Waals surface area contributed by atoms with Crippen molar-refractivity contribution in [2.24, 2.45) is 5.92 Å². The van der Waals surface area contributed by atoms with Gasteiger partial charge in [0.1, 0.15) is 5.54 Å². The minimum Gasteiger partial charge on any atom is -0.341 e. The normalized spacial score (nSPS) is 37.9. The number of carbonyl (C=O) groups is 1. The Bertz CT molecular complexity index is 244. The lowest BCUT2D eigenvalue weighted by Crippen LogP contribution is -2.46. The molecule has 80 valence electrons. The molecule has 2 atom stereocenters. The summed E-state index contributed by atoms with van der Waals surface area (Å²) in [5, 5.41) is 3.41. The van der Waals surface area contributed by atoms with Gasteiger partial charge in [-0.3, -0.25) is 4.79 Å². The molecule has 3 nitrogen and oxygen atoms in total. The average Bonchev–Trinajstić information content (AvgIpc) is 2.68. The molecule has 1 N–H and O–H groups in total. The highest BCUT2D eigenvalue weighted by atomic mass is 16.2. The zero-order valence-electron chi connectivity index (χ0n) is 9.34. The smallest absolute Gasteiger partial charge is 0.242 e. The average molecular weight is 196 g/mol. The fourth-order valence-electron chi connectivity index (χ4n) is 2.92. The van der Waals surface area contributed by atoms with E-state index in [0.29, 0.717) is 17.9 Å². The molecule has 0 saturated carbocycles. The second-order valence-electron chi connectivity index (χ2n) is 5.04. The van der Waals surface area contributed by atoms with Gasteiger partial charge in [-0.05, 0) is 31.7 Å². The second kappa shape index (κ2) is 3.23. The van der Waals surface area contributed by atoms with Crippen molar-refractivity contribution in [2.45, 2.75) is 44.7 Å². The number of carbonyl (C=O) groups excluding carboxylic acids is 1. The highest BCUT2D eigenvalue weighted by Gasteiger charge is 2.51. The van der Waals surface area contributed by atoms with Gasteiger partial charge >= 0.3 is 0 Å². The highest BCUT2D eigenvalue weighted by molar-refractivity contribution is 5.89. The van der Waals surface area contributed by atoms with E-state index in [2.05, 4.69) is 19.2 Å². The SMILES string of the molecule is CC(C)C1CC2(CCCN2)C(=O)N1C. The van der Waals surface area contributed by atoms with Crippen LogP contribution in [0.15, 0.2) is 0 Å². The van der Waals surface area contributed by atoms with Gasteiger partial charge in [-0.2, -0.15) is 0 Å². The summed E-state index contributed by atoms with van der Waals surface area (Å²) in [7, 11) is 1.95. The van der Waals surface area contributed by atoms with Crippen LogP contribution in [-0.4, -0.2) is 36.0 Å². The van der Waals surface area contributed by atoms with Crippen molar-refractivity contribution < 1.29 is 4.79 Å². The molecule has 2 aliphatic heterocycles. The molecule has 2 aliphatic rings. The lowest BCUT2D eigenvalue weighted by molar-refractivity contribution is -0.132. The van der Waals surface area contributed by atoms with Crippen LogP contribution < -0.4 is 5.32 Å². The Labute approximate surface area is 85.8 Å². The molecular weight excluding hydrogens is 176 g/mol. The topological polar surface area (TPSA) is 32.3 Å². The van der Waals surface area contributed by atoms with Crippen LogP contribution >= 0.6 is 0 Å². The second-order valence-corrected chi connectivity index (χ2v) is 5.04. The van der Waals surface area contributed by atoms with Gasteiger partial charge in [-0.25, -0.2) is 0 Å². The Morgan fingerprint density at radius 3 is 2.71 bits per heavy atom. The molecule has 0 bridgehead atoms. The van der Waals surface area contributed by atoms with Gasteiger partial charge < -0.3 is 10.2 Å². The number of nitrogens with one attached hydrogen (secondary N) is 1. The van der Waals surface area contributed by atoms with E-state index in [0.717, 1.165) is 25.8 Å². The first kappa shape index (κ1) is 9.97. The molecule has 3 heteroatoms. The first-order valence-electron chi connectivity index (χ1n) is 5.59. The zero-order valence-corrected chi connectivity index (χ0v) is 9.34. The molecule has 2 rings (SSSR count). The van der Waals surface area contributed by atoms with Crippen LogP contribution in [0.4, 0.5) is 0 Å². The number of hydrogen-bond acceptors (Lipinski definition) is 2. The molecule has 0 radical (unpaired) electrons. The van der Waals surface area contributed by atoms with Gasteiger partial charge in [0, 0.05) is 13.1 Å². The fraction of sp³-hybridized carbons (Fsp3) is 0.909. The molecule has 0 aromatic rings. The molecular formula is C11H20N2O. The van der Waals surface area contributed by atoms with Crippen molar-refractivity contribution in [1.29, 1.82) is 0 Å². The van der Waals surface area contributed by atoms with E-state index < -0.39 is 0 Å². The maximum atomic E-state index is 12.1. The Hall–Kier alpha value is -0.570. The first-order valence-corrected chi connectivity index (χ1v) is 5.59. The van der Waals surface area contributed by atoms with Crippen LogP contribution in [0, 0.1) is 5.92 Å². The maximum absolute atomic E-state index is 12.1. The Kier molecular flexibility index (Phi) is 2.30. The van der Waals surface area contributed by atoms with Gasteiger partial charge in [0.05, 0.1) is 0 Å². The van der Waals surface area contributed by atoms with Gasteiger partial charge in [0.25, 0.3) is 0 Å². The minimum absolute atomic E-state index is 0.191. The molecule has 1 spiro atoms. The van der Waals surface area contributed by atoms with Crippen LogP contribution in [0.2, 0.25) is 0 Å². The van der Waals surface area contributed by atoms with Crippen LogP contribution in [0.25, 0.3) is 0 Å². The molecule has 2 heterocycles. The number of nitrogens with zero attached hydrogens (tertiary/aromatic N) is 1. The third-order valence-electron chi connectivity index (χ3n) is 3.80. The lowest BCUT2D eigenvalue weighted by Gasteiger charge is -2.22.